The first-order valence-corrected chi connectivity index (χ1v) is 9.03. The minimum atomic E-state index is -0.353. The zero-order chi connectivity index (χ0) is 17.5. The highest BCUT2D eigenvalue weighted by Crippen LogP contribution is 2.14. The van der Waals surface area contributed by atoms with Crippen molar-refractivity contribution in [1.29, 1.82) is 0 Å². The van der Waals surface area contributed by atoms with Crippen molar-refractivity contribution in [2.75, 3.05) is 26.2 Å². The largest absolute Gasteiger partial charge is 0.351 e. The van der Waals surface area contributed by atoms with Crippen molar-refractivity contribution in [3.63, 3.8) is 0 Å². The number of carbonyl (C=O) groups excluding carboxylic acids is 1. The first-order chi connectivity index (χ1) is 12.2. The van der Waals surface area contributed by atoms with E-state index in [-0.39, 0.29) is 17.0 Å². The molecule has 1 saturated heterocycles. The fraction of sp³-hybridized carbons (Fsp3) is 0.400. The maximum Gasteiger partial charge on any atom is 0.261 e. The van der Waals surface area contributed by atoms with Gasteiger partial charge in [0.2, 0.25) is 0 Å². The smallest absolute Gasteiger partial charge is 0.261 e. The molecule has 132 valence electrons. The predicted molar refractivity (Wildman–Crippen MR) is 99.7 cm³/mol. The number of nitrogens with zero attached hydrogens (tertiary/aromatic N) is 1. The Morgan fingerprint density at radius 3 is 2.40 bits per heavy atom. The quantitative estimate of drug-likeness (QED) is 0.880. The molecule has 2 N–H and O–H groups in total. The van der Waals surface area contributed by atoms with E-state index < -0.39 is 0 Å². The Kier molecular flexibility index (Phi) is 6.01. The van der Waals surface area contributed by atoms with Gasteiger partial charge in [0.25, 0.3) is 11.5 Å². The van der Waals surface area contributed by atoms with E-state index in [1.54, 1.807) is 12.1 Å². The summed E-state index contributed by atoms with van der Waals surface area (Å²) in [6.07, 6.45) is 5.06. The molecule has 0 spiro atoms. The van der Waals surface area contributed by atoms with Crippen LogP contribution in [0.4, 0.5) is 0 Å². The lowest BCUT2D eigenvalue weighted by Crippen LogP contribution is -2.37. The van der Waals surface area contributed by atoms with Crippen molar-refractivity contribution in [2.24, 2.45) is 0 Å². The molecule has 1 aromatic carbocycles. The molecule has 3 rings (SSSR count). The predicted octanol–water partition coefficient (Wildman–Crippen LogP) is 2.65. The lowest BCUT2D eigenvalue weighted by atomic mass is 10.1. The first kappa shape index (κ1) is 17.4. The van der Waals surface area contributed by atoms with E-state index in [2.05, 4.69) is 15.2 Å². The third-order valence-corrected chi connectivity index (χ3v) is 4.65. The monoisotopic (exact) mass is 339 g/mol. The molecule has 0 unspecified atom stereocenters. The standard InChI is InChI=1S/C20H25N3O2/c24-19(21-12-15-23-13-6-1-2-7-14-23)17-10-11-18(22-20(17)25)16-8-4-3-5-9-16/h3-5,8-11H,1-2,6-7,12-15H2,(H,21,24)(H,22,25). The summed E-state index contributed by atoms with van der Waals surface area (Å²) < 4.78 is 0. The number of nitrogens with one attached hydrogen (secondary N) is 2. The van der Waals surface area contributed by atoms with E-state index in [0.717, 1.165) is 25.2 Å². The van der Waals surface area contributed by atoms with E-state index >= 15 is 0 Å². The Morgan fingerprint density at radius 1 is 1.00 bits per heavy atom. The number of hydrogen-bond acceptors (Lipinski definition) is 3. The highest BCUT2D eigenvalue weighted by atomic mass is 16.2. The average Bonchev–Trinajstić information content (AvgIpc) is 2.91. The molecular formula is C20H25N3O2. The Bertz CT molecular complexity index is 747. The molecule has 1 aromatic heterocycles. The highest BCUT2D eigenvalue weighted by Gasteiger charge is 2.13. The van der Waals surface area contributed by atoms with Gasteiger partial charge in [-0.05, 0) is 43.6 Å². The molecule has 1 aliphatic rings. The Labute approximate surface area is 148 Å². The molecule has 0 radical (unpaired) electrons. The number of H-pyrrole nitrogens is 1. The number of carbonyl (C=O) groups is 1. The number of aromatic nitrogens is 1. The molecule has 0 saturated carbocycles. The summed E-state index contributed by atoms with van der Waals surface area (Å²) in [6.45, 7) is 3.61. The summed E-state index contributed by atoms with van der Waals surface area (Å²) in [5.41, 5.74) is 1.45. The average molecular weight is 339 g/mol. The van der Waals surface area contributed by atoms with Gasteiger partial charge in [0.15, 0.2) is 0 Å². The van der Waals surface area contributed by atoms with Crippen molar-refractivity contribution in [3.8, 4) is 11.3 Å². The van der Waals surface area contributed by atoms with E-state index in [1.807, 2.05) is 30.3 Å². The number of amides is 1. The Morgan fingerprint density at radius 2 is 1.72 bits per heavy atom. The summed E-state index contributed by atoms with van der Waals surface area (Å²) in [5.74, 6) is -0.310. The molecule has 0 aliphatic carbocycles. The zero-order valence-corrected chi connectivity index (χ0v) is 14.5. The second-order valence-electron chi connectivity index (χ2n) is 6.49. The molecule has 2 heterocycles. The van der Waals surface area contributed by atoms with Crippen LogP contribution in [-0.4, -0.2) is 42.0 Å². The van der Waals surface area contributed by atoms with Gasteiger partial charge in [-0.15, -0.1) is 0 Å². The number of hydrogen-bond donors (Lipinski definition) is 2. The van der Waals surface area contributed by atoms with Crippen LogP contribution in [0.3, 0.4) is 0 Å². The summed E-state index contributed by atoms with van der Waals surface area (Å²) in [6, 6.07) is 13.0. The first-order valence-electron chi connectivity index (χ1n) is 9.03. The lowest BCUT2D eigenvalue weighted by molar-refractivity contribution is 0.0947. The van der Waals surface area contributed by atoms with Gasteiger partial charge in [0.05, 0.1) is 0 Å². The van der Waals surface area contributed by atoms with Gasteiger partial charge in [-0.1, -0.05) is 43.2 Å². The van der Waals surface area contributed by atoms with E-state index in [4.69, 9.17) is 0 Å². The van der Waals surface area contributed by atoms with Gasteiger partial charge in [-0.2, -0.15) is 0 Å². The number of rotatable bonds is 5. The summed E-state index contributed by atoms with van der Waals surface area (Å²) in [5, 5.41) is 2.87. The van der Waals surface area contributed by atoms with Crippen molar-refractivity contribution in [1.82, 2.24) is 15.2 Å². The van der Waals surface area contributed by atoms with Crippen LogP contribution >= 0.6 is 0 Å². The molecule has 0 atom stereocenters. The van der Waals surface area contributed by atoms with E-state index in [1.165, 1.54) is 25.7 Å². The maximum atomic E-state index is 12.3. The minimum absolute atomic E-state index is 0.163. The van der Waals surface area contributed by atoms with Crippen molar-refractivity contribution in [3.05, 3.63) is 58.4 Å². The van der Waals surface area contributed by atoms with Gasteiger partial charge in [-0.3, -0.25) is 9.59 Å². The molecular weight excluding hydrogens is 314 g/mol. The number of benzene rings is 1. The van der Waals surface area contributed by atoms with Crippen LogP contribution < -0.4 is 10.9 Å². The fourth-order valence-corrected chi connectivity index (χ4v) is 3.22. The summed E-state index contributed by atoms with van der Waals surface area (Å²) >= 11 is 0. The molecule has 1 fully saturated rings. The van der Waals surface area contributed by atoms with Crippen LogP contribution in [0, 0.1) is 0 Å². The van der Waals surface area contributed by atoms with Crippen LogP contribution in [0.2, 0.25) is 0 Å². The van der Waals surface area contributed by atoms with Crippen molar-refractivity contribution >= 4 is 5.91 Å². The highest BCUT2D eigenvalue weighted by molar-refractivity contribution is 5.94. The number of pyridine rings is 1. The third kappa shape index (κ3) is 4.79. The van der Waals surface area contributed by atoms with Crippen LogP contribution in [0.25, 0.3) is 11.3 Å². The van der Waals surface area contributed by atoms with Gasteiger partial charge in [0.1, 0.15) is 5.56 Å². The van der Waals surface area contributed by atoms with Gasteiger partial charge < -0.3 is 15.2 Å². The van der Waals surface area contributed by atoms with Crippen molar-refractivity contribution < 1.29 is 4.79 Å². The molecule has 0 bridgehead atoms. The molecule has 1 amide bonds. The number of aromatic amines is 1. The van der Waals surface area contributed by atoms with Crippen LogP contribution in [0.1, 0.15) is 36.0 Å². The van der Waals surface area contributed by atoms with E-state index in [0.29, 0.717) is 12.2 Å². The minimum Gasteiger partial charge on any atom is -0.351 e. The normalized spacial score (nSPS) is 15.5. The van der Waals surface area contributed by atoms with Gasteiger partial charge in [-0.25, -0.2) is 0 Å². The SMILES string of the molecule is O=C(NCCN1CCCCCC1)c1ccc(-c2ccccc2)[nH]c1=O. The van der Waals surface area contributed by atoms with Crippen molar-refractivity contribution in [2.45, 2.75) is 25.7 Å². The van der Waals surface area contributed by atoms with Crippen LogP contribution in [-0.2, 0) is 0 Å². The van der Waals surface area contributed by atoms with Gasteiger partial charge >= 0.3 is 0 Å². The molecule has 5 nitrogen and oxygen atoms in total. The van der Waals surface area contributed by atoms with Gasteiger partial charge in [0, 0.05) is 18.8 Å². The third-order valence-electron chi connectivity index (χ3n) is 4.65. The Hall–Kier alpha value is -2.40. The second-order valence-corrected chi connectivity index (χ2v) is 6.49. The summed E-state index contributed by atoms with van der Waals surface area (Å²) in [4.78, 5) is 29.7. The summed E-state index contributed by atoms with van der Waals surface area (Å²) in [7, 11) is 0. The fourth-order valence-electron chi connectivity index (χ4n) is 3.22. The molecule has 5 heteroatoms. The Balaban J connectivity index is 1.58. The molecule has 25 heavy (non-hydrogen) atoms. The second kappa shape index (κ2) is 8.62. The zero-order valence-electron chi connectivity index (χ0n) is 14.5. The number of likely N-dealkylation sites (tertiary alicyclic amines) is 1. The maximum absolute atomic E-state index is 12.3. The molecule has 2 aromatic rings. The lowest BCUT2D eigenvalue weighted by Gasteiger charge is -2.19. The van der Waals surface area contributed by atoms with Crippen LogP contribution in [0.5, 0.6) is 0 Å². The molecule has 1 aliphatic heterocycles. The van der Waals surface area contributed by atoms with Crippen LogP contribution in [0.15, 0.2) is 47.3 Å². The van der Waals surface area contributed by atoms with E-state index in [9.17, 15) is 9.59 Å². The topological polar surface area (TPSA) is 65.2 Å².